The van der Waals surface area contributed by atoms with Gasteiger partial charge >= 0.3 is 6.09 Å². The molecule has 0 aliphatic heterocycles. The molecule has 4 rings (SSSR count). The summed E-state index contributed by atoms with van der Waals surface area (Å²) < 4.78 is 14.1. The monoisotopic (exact) mass is 465 g/mol. The maximum atomic E-state index is 12.5. The quantitative estimate of drug-likeness (QED) is 0.231. The van der Waals surface area contributed by atoms with E-state index >= 15 is 0 Å². The molecule has 0 saturated carbocycles. The van der Waals surface area contributed by atoms with Crippen LogP contribution in [0.3, 0.4) is 0 Å². The number of hydrogen-bond acceptors (Lipinski definition) is 7. The summed E-state index contributed by atoms with van der Waals surface area (Å²) in [6.07, 6.45) is 0.208. The number of nitrogens with zero attached hydrogens (tertiary/aromatic N) is 2. The Labute approximate surface area is 193 Å². The molecule has 2 aromatic heterocycles. The van der Waals surface area contributed by atoms with Crippen molar-refractivity contribution in [1.29, 1.82) is 5.41 Å². The molecule has 0 fully saturated rings. The summed E-state index contributed by atoms with van der Waals surface area (Å²) in [5.41, 5.74) is 6.97. The van der Waals surface area contributed by atoms with Gasteiger partial charge in [-0.1, -0.05) is 36.4 Å². The van der Waals surface area contributed by atoms with Gasteiger partial charge in [0.25, 0.3) is 0 Å². The number of hydrogen-bond donors (Lipinski definition) is 4. The van der Waals surface area contributed by atoms with E-state index in [1.807, 2.05) is 54.6 Å². The molecule has 2 heterocycles. The molecule has 4 aromatic rings. The number of thiophene rings is 1. The van der Waals surface area contributed by atoms with Crippen LogP contribution in [0.1, 0.15) is 22.1 Å². The van der Waals surface area contributed by atoms with Crippen LogP contribution in [0.25, 0.3) is 10.1 Å². The predicted molar refractivity (Wildman–Crippen MR) is 127 cm³/mol. The topological polar surface area (TPSA) is 135 Å². The van der Waals surface area contributed by atoms with Crippen LogP contribution in [0.15, 0.2) is 60.8 Å². The Kier molecular flexibility index (Phi) is 6.57. The van der Waals surface area contributed by atoms with Gasteiger partial charge in [0.1, 0.15) is 24.0 Å². The van der Waals surface area contributed by atoms with Gasteiger partial charge in [-0.05, 0) is 23.8 Å². The maximum absolute atomic E-state index is 12.5. The second-order valence-electron chi connectivity index (χ2n) is 7.23. The molecule has 2 aromatic carbocycles. The molecule has 0 radical (unpaired) electrons. The molecule has 33 heavy (non-hydrogen) atoms. The molecule has 0 bridgehead atoms. The van der Waals surface area contributed by atoms with Crippen molar-refractivity contribution in [2.24, 2.45) is 12.8 Å². The number of fused-ring (bicyclic) bond motifs is 1. The van der Waals surface area contributed by atoms with Gasteiger partial charge in [-0.2, -0.15) is 5.10 Å². The van der Waals surface area contributed by atoms with E-state index in [1.165, 1.54) is 22.2 Å². The lowest BCUT2D eigenvalue weighted by Crippen LogP contribution is -2.22. The minimum Gasteiger partial charge on any atom is -0.481 e. The lowest BCUT2D eigenvalue weighted by Gasteiger charge is -2.20. The van der Waals surface area contributed by atoms with E-state index in [-0.39, 0.29) is 19.0 Å². The van der Waals surface area contributed by atoms with Gasteiger partial charge in [-0.3, -0.25) is 15.4 Å². The summed E-state index contributed by atoms with van der Waals surface area (Å²) >= 11 is 1.41. The second-order valence-corrected chi connectivity index (χ2v) is 8.32. The van der Waals surface area contributed by atoms with Gasteiger partial charge in [0.2, 0.25) is 0 Å². The van der Waals surface area contributed by atoms with Crippen molar-refractivity contribution in [1.82, 2.24) is 9.78 Å². The summed E-state index contributed by atoms with van der Waals surface area (Å²) in [6, 6.07) is 16.9. The van der Waals surface area contributed by atoms with Gasteiger partial charge in [-0.15, -0.1) is 11.3 Å². The smallest absolute Gasteiger partial charge is 0.412 e. The first kappa shape index (κ1) is 22.3. The number of nitrogens with one attached hydrogen (secondary N) is 2. The van der Waals surface area contributed by atoms with Crippen LogP contribution < -0.4 is 15.8 Å². The SMILES string of the molecule is Cn1ncc(CO)c1NC(=O)OCC(Oc1cccc2sc(C(=N)N)cc12)c1ccccc1. The summed E-state index contributed by atoms with van der Waals surface area (Å²) in [4.78, 5) is 13.1. The molecular weight excluding hydrogens is 442 g/mol. The first-order chi connectivity index (χ1) is 16.0. The van der Waals surface area contributed by atoms with E-state index in [1.54, 1.807) is 7.05 Å². The molecule has 1 amide bonds. The molecule has 1 unspecified atom stereocenters. The number of aliphatic hydroxyl groups is 1. The number of aromatic nitrogens is 2. The Balaban J connectivity index is 1.54. The first-order valence-electron chi connectivity index (χ1n) is 10.1. The van der Waals surface area contributed by atoms with Crippen molar-refractivity contribution in [3.8, 4) is 5.75 Å². The van der Waals surface area contributed by atoms with Crippen molar-refractivity contribution < 1.29 is 19.4 Å². The maximum Gasteiger partial charge on any atom is 0.412 e. The highest BCUT2D eigenvalue weighted by atomic mass is 32.1. The van der Waals surface area contributed by atoms with E-state index < -0.39 is 12.2 Å². The van der Waals surface area contributed by atoms with E-state index in [9.17, 15) is 9.90 Å². The molecule has 10 heteroatoms. The van der Waals surface area contributed by atoms with Gasteiger partial charge in [0, 0.05) is 22.7 Å². The van der Waals surface area contributed by atoms with E-state index in [4.69, 9.17) is 20.6 Å². The minimum atomic E-state index is -0.689. The normalized spacial score (nSPS) is 11.8. The van der Waals surface area contributed by atoms with Crippen LogP contribution in [0, 0.1) is 5.41 Å². The van der Waals surface area contributed by atoms with E-state index in [2.05, 4.69) is 10.4 Å². The molecular formula is C23H23N5O4S. The third-order valence-corrected chi connectivity index (χ3v) is 6.13. The highest BCUT2D eigenvalue weighted by Gasteiger charge is 2.20. The number of benzene rings is 2. The van der Waals surface area contributed by atoms with Crippen LogP contribution in [-0.4, -0.2) is 33.4 Å². The van der Waals surface area contributed by atoms with Crippen molar-refractivity contribution in [3.63, 3.8) is 0 Å². The van der Waals surface area contributed by atoms with Crippen molar-refractivity contribution in [2.75, 3.05) is 11.9 Å². The van der Waals surface area contributed by atoms with Crippen LogP contribution in [0.4, 0.5) is 10.6 Å². The van der Waals surface area contributed by atoms with Crippen LogP contribution in [0.2, 0.25) is 0 Å². The number of rotatable bonds is 8. The minimum absolute atomic E-state index is 0.000762. The van der Waals surface area contributed by atoms with E-state index in [0.717, 1.165) is 15.6 Å². The highest BCUT2D eigenvalue weighted by Crippen LogP contribution is 2.35. The number of aliphatic hydroxyl groups excluding tert-OH is 1. The zero-order chi connectivity index (χ0) is 23.4. The van der Waals surface area contributed by atoms with Crippen molar-refractivity contribution in [2.45, 2.75) is 12.7 Å². The van der Waals surface area contributed by atoms with Crippen LogP contribution >= 0.6 is 11.3 Å². The molecule has 5 N–H and O–H groups in total. The number of aryl methyl sites for hydroxylation is 1. The molecule has 0 aliphatic rings. The number of nitrogens with two attached hydrogens (primary N) is 1. The molecule has 170 valence electrons. The Morgan fingerprint density at radius 1 is 1.27 bits per heavy atom. The fraction of sp³-hybridized carbons (Fsp3) is 0.174. The highest BCUT2D eigenvalue weighted by molar-refractivity contribution is 7.20. The number of amides is 1. The average molecular weight is 466 g/mol. The van der Waals surface area contributed by atoms with E-state index in [0.29, 0.717) is 22.0 Å². The fourth-order valence-corrected chi connectivity index (χ4v) is 4.27. The average Bonchev–Trinajstić information content (AvgIpc) is 3.41. The zero-order valence-corrected chi connectivity index (χ0v) is 18.6. The van der Waals surface area contributed by atoms with Gasteiger partial charge in [0.15, 0.2) is 6.10 Å². The van der Waals surface area contributed by atoms with Gasteiger partial charge in [-0.25, -0.2) is 4.79 Å². The molecule has 9 nitrogen and oxygen atoms in total. The third kappa shape index (κ3) is 4.97. The fourth-order valence-electron chi connectivity index (χ4n) is 3.33. The van der Waals surface area contributed by atoms with Gasteiger partial charge < -0.3 is 20.3 Å². The summed E-state index contributed by atoms with van der Waals surface area (Å²) in [7, 11) is 1.65. The van der Waals surface area contributed by atoms with Gasteiger partial charge in [0.05, 0.1) is 17.7 Å². The largest absolute Gasteiger partial charge is 0.481 e. The second kappa shape index (κ2) is 9.72. The summed E-state index contributed by atoms with van der Waals surface area (Å²) in [6.45, 7) is -0.311. The van der Waals surface area contributed by atoms with Crippen molar-refractivity contribution in [3.05, 3.63) is 76.8 Å². The lowest BCUT2D eigenvalue weighted by atomic mass is 10.1. The number of nitrogen functional groups attached to an aromatic ring is 1. The Hall–Kier alpha value is -3.89. The third-order valence-electron chi connectivity index (χ3n) is 5.00. The van der Waals surface area contributed by atoms with Crippen LogP contribution in [-0.2, 0) is 18.4 Å². The number of carbonyl (C=O) groups is 1. The lowest BCUT2D eigenvalue weighted by molar-refractivity contribution is 0.0908. The summed E-state index contributed by atoms with van der Waals surface area (Å²) in [5.74, 6) is 0.960. The Bertz CT molecular complexity index is 1280. The number of ether oxygens (including phenoxy) is 2. The number of anilines is 1. The zero-order valence-electron chi connectivity index (χ0n) is 17.8. The molecule has 0 spiro atoms. The standard InChI is InChI=1S/C23H23N5O4S/c1-28-22(15(12-29)11-26-28)27-23(30)31-13-18(14-6-3-2-4-7-14)32-17-8-5-9-19-16(17)10-20(33-19)21(24)25/h2-11,18,29H,12-13H2,1H3,(H3,24,25)(H,27,30). The van der Waals surface area contributed by atoms with Crippen LogP contribution in [0.5, 0.6) is 5.75 Å². The van der Waals surface area contributed by atoms with Crippen molar-refractivity contribution >= 4 is 39.2 Å². The first-order valence-corrected chi connectivity index (χ1v) is 10.9. The Morgan fingerprint density at radius 3 is 2.79 bits per heavy atom. The predicted octanol–water partition coefficient (Wildman–Crippen LogP) is 3.78. The molecule has 1 atom stereocenters. The summed E-state index contributed by atoms with van der Waals surface area (Å²) in [5, 5.41) is 24.6. The number of amidine groups is 1. The number of carbonyl (C=O) groups excluding carboxylic acids is 1. The molecule has 0 saturated heterocycles. The molecule has 0 aliphatic carbocycles. The Morgan fingerprint density at radius 2 is 2.06 bits per heavy atom.